The highest BCUT2D eigenvalue weighted by Gasteiger charge is 2.22. The van der Waals surface area contributed by atoms with Crippen LogP contribution in [0.1, 0.15) is 42.9 Å². The summed E-state index contributed by atoms with van der Waals surface area (Å²) in [7, 11) is 0. The zero-order valence-corrected chi connectivity index (χ0v) is 19.7. The molecule has 1 saturated carbocycles. The van der Waals surface area contributed by atoms with Crippen LogP contribution in [0.25, 0.3) is 11.3 Å². The predicted molar refractivity (Wildman–Crippen MR) is 131 cm³/mol. The van der Waals surface area contributed by atoms with E-state index in [9.17, 15) is 4.79 Å². The third kappa shape index (κ3) is 5.36. The molecule has 34 heavy (non-hydrogen) atoms. The van der Waals surface area contributed by atoms with Crippen molar-refractivity contribution in [3.63, 3.8) is 0 Å². The minimum Gasteiger partial charge on any atom is -0.351 e. The average molecular weight is 474 g/mol. The number of nitrogens with zero attached hydrogens (tertiary/aromatic N) is 6. The van der Waals surface area contributed by atoms with Gasteiger partial charge in [-0.25, -0.2) is 4.68 Å². The zero-order chi connectivity index (χ0) is 23.2. The van der Waals surface area contributed by atoms with Crippen LogP contribution in [-0.2, 0) is 17.9 Å². The second-order valence-corrected chi connectivity index (χ2v) is 9.40. The maximum atomic E-state index is 12.7. The van der Waals surface area contributed by atoms with Crippen molar-refractivity contribution in [1.82, 2.24) is 35.3 Å². The van der Waals surface area contributed by atoms with E-state index in [2.05, 4.69) is 33.0 Å². The molecular weight excluding hydrogens is 446 g/mol. The van der Waals surface area contributed by atoms with Gasteiger partial charge in [0.1, 0.15) is 0 Å². The zero-order valence-electron chi connectivity index (χ0n) is 18.9. The van der Waals surface area contributed by atoms with Gasteiger partial charge >= 0.3 is 0 Å². The first-order valence-electron chi connectivity index (χ1n) is 11.6. The highest BCUT2D eigenvalue weighted by Crippen LogP contribution is 2.31. The van der Waals surface area contributed by atoms with E-state index in [0.29, 0.717) is 24.3 Å². The smallest absolute Gasteiger partial charge is 0.230 e. The van der Waals surface area contributed by atoms with Crippen LogP contribution in [0.2, 0.25) is 0 Å². The lowest BCUT2D eigenvalue weighted by Crippen LogP contribution is -2.25. The molecule has 0 saturated heterocycles. The minimum atomic E-state index is -0.0548. The molecule has 174 valence electrons. The van der Waals surface area contributed by atoms with Gasteiger partial charge in [-0.15, -0.1) is 5.10 Å². The topological polar surface area (TPSA) is 90.5 Å². The van der Waals surface area contributed by atoms with Gasteiger partial charge in [-0.1, -0.05) is 85.3 Å². The Balaban J connectivity index is 1.24. The largest absolute Gasteiger partial charge is 0.351 e. The molecule has 0 unspecified atom stereocenters. The second kappa shape index (κ2) is 10.6. The van der Waals surface area contributed by atoms with Gasteiger partial charge < -0.3 is 5.32 Å². The van der Waals surface area contributed by atoms with Crippen LogP contribution < -0.4 is 5.32 Å². The van der Waals surface area contributed by atoms with Gasteiger partial charge in [0.25, 0.3) is 0 Å². The van der Waals surface area contributed by atoms with Crippen LogP contribution in [0.15, 0.2) is 72.0 Å². The SMILES string of the molecule is O=C(CSc1nnnn1C1CCCC1)NCc1cn(Cc2ccccc2)nc1-c1ccccc1. The lowest BCUT2D eigenvalue weighted by molar-refractivity contribution is -0.118. The van der Waals surface area contributed by atoms with Crippen LogP contribution in [0.4, 0.5) is 0 Å². The monoisotopic (exact) mass is 473 g/mol. The van der Waals surface area contributed by atoms with Crippen LogP contribution in [0.5, 0.6) is 0 Å². The number of rotatable bonds is 9. The van der Waals surface area contributed by atoms with Gasteiger partial charge in [0, 0.05) is 23.9 Å². The summed E-state index contributed by atoms with van der Waals surface area (Å²) in [6.07, 6.45) is 6.62. The Hall–Kier alpha value is -3.46. The molecule has 2 aromatic heterocycles. The fourth-order valence-corrected chi connectivity index (χ4v) is 5.09. The van der Waals surface area contributed by atoms with Gasteiger partial charge in [0.2, 0.25) is 11.1 Å². The number of thioether (sulfide) groups is 1. The normalized spacial score (nSPS) is 13.9. The van der Waals surface area contributed by atoms with E-state index in [4.69, 9.17) is 5.10 Å². The maximum Gasteiger partial charge on any atom is 0.230 e. The molecule has 9 heteroatoms. The van der Waals surface area contributed by atoms with E-state index in [0.717, 1.165) is 29.7 Å². The Morgan fingerprint density at radius 2 is 1.76 bits per heavy atom. The molecule has 0 bridgehead atoms. The first-order valence-corrected chi connectivity index (χ1v) is 12.6. The molecule has 1 N–H and O–H groups in total. The third-order valence-corrected chi connectivity index (χ3v) is 6.95. The molecule has 4 aromatic rings. The minimum absolute atomic E-state index is 0.0548. The van der Waals surface area contributed by atoms with E-state index in [1.807, 2.05) is 64.1 Å². The van der Waals surface area contributed by atoms with Gasteiger partial charge in [0.05, 0.1) is 24.0 Å². The number of hydrogen-bond donors (Lipinski definition) is 1. The number of nitrogens with one attached hydrogen (secondary N) is 1. The summed E-state index contributed by atoms with van der Waals surface area (Å²) in [4.78, 5) is 12.7. The number of benzene rings is 2. The predicted octanol–water partition coefficient (Wildman–Crippen LogP) is 4.11. The summed E-state index contributed by atoms with van der Waals surface area (Å²) in [6, 6.07) is 20.7. The molecule has 0 aliphatic heterocycles. The number of tetrazole rings is 1. The van der Waals surface area contributed by atoms with E-state index >= 15 is 0 Å². The molecule has 1 aliphatic carbocycles. The van der Waals surface area contributed by atoms with E-state index < -0.39 is 0 Å². The average Bonchev–Trinajstić information content (AvgIpc) is 3.63. The van der Waals surface area contributed by atoms with E-state index in [1.54, 1.807) is 0 Å². The first-order chi connectivity index (χ1) is 16.8. The lowest BCUT2D eigenvalue weighted by atomic mass is 10.1. The van der Waals surface area contributed by atoms with E-state index in [1.165, 1.54) is 30.2 Å². The fourth-order valence-electron chi connectivity index (χ4n) is 4.32. The number of carbonyl (C=O) groups excluding carboxylic acids is 1. The second-order valence-electron chi connectivity index (χ2n) is 8.46. The Morgan fingerprint density at radius 3 is 2.53 bits per heavy atom. The van der Waals surface area contributed by atoms with Crippen molar-refractivity contribution in [2.75, 3.05) is 5.75 Å². The highest BCUT2D eigenvalue weighted by molar-refractivity contribution is 7.99. The maximum absolute atomic E-state index is 12.7. The van der Waals surface area contributed by atoms with E-state index in [-0.39, 0.29) is 11.7 Å². The summed E-state index contributed by atoms with van der Waals surface area (Å²) in [5.74, 6) is 0.215. The van der Waals surface area contributed by atoms with Crippen molar-refractivity contribution in [3.8, 4) is 11.3 Å². The molecule has 0 atom stereocenters. The Labute approximate surface area is 202 Å². The molecule has 2 aromatic carbocycles. The summed E-state index contributed by atoms with van der Waals surface area (Å²) >= 11 is 1.39. The Bertz CT molecular complexity index is 1220. The van der Waals surface area contributed by atoms with Crippen LogP contribution >= 0.6 is 11.8 Å². The highest BCUT2D eigenvalue weighted by atomic mass is 32.2. The molecule has 0 spiro atoms. The number of amides is 1. The molecule has 8 nitrogen and oxygen atoms in total. The molecular formula is C25H27N7OS. The summed E-state index contributed by atoms with van der Waals surface area (Å²) in [6.45, 7) is 1.08. The molecule has 5 rings (SSSR count). The van der Waals surface area contributed by atoms with Crippen LogP contribution in [-0.4, -0.2) is 41.6 Å². The van der Waals surface area contributed by atoms with Gasteiger partial charge in [0.15, 0.2) is 0 Å². The Morgan fingerprint density at radius 1 is 1.03 bits per heavy atom. The van der Waals surface area contributed by atoms with Gasteiger partial charge in [-0.05, 0) is 28.8 Å². The van der Waals surface area contributed by atoms with Crippen molar-refractivity contribution >= 4 is 17.7 Å². The number of carbonyl (C=O) groups is 1. The number of aromatic nitrogens is 6. The standard InChI is InChI=1S/C25H27N7OS/c33-23(18-34-25-27-29-30-32(25)22-13-7-8-14-22)26-15-21-17-31(16-19-9-3-1-4-10-19)28-24(21)20-11-5-2-6-12-20/h1-6,9-12,17,22H,7-8,13-16,18H2,(H,26,33). The van der Waals surface area contributed by atoms with Crippen LogP contribution in [0.3, 0.4) is 0 Å². The summed E-state index contributed by atoms with van der Waals surface area (Å²) in [5.41, 5.74) is 4.08. The summed E-state index contributed by atoms with van der Waals surface area (Å²) in [5, 5.41) is 20.7. The Kier molecular flexibility index (Phi) is 6.99. The molecule has 0 radical (unpaired) electrons. The van der Waals surface area contributed by atoms with Crippen molar-refractivity contribution in [2.45, 2.75) is 50.0 Å². The molecule has 1 aliphatic rings. The van der Waals surface area contributed by atoms with Crippen molar-refractivity contribution in [1.29, 1.82) is 0 Å². The van der Waals surface area contributed by atoms with Gasteiger partial charge in [-0.2, -0.15) is 5.10 Å². The molecule has 1 amide bonds. The molecule has 1 fully saturated rings. The quantitative estimate of drug-likeness (QED) is 0.368. The van der Waals surface area contributed by atoms with Crippen LogP contribution in [0, 0.1) is 0 Å². The van der Waals surface area contributed by atoms with Crippen molar-refractivity contribution in [3.05, 3.63) is 78.0 Å². The van der Waals surface area contributed by atoms with Crippen molar-refractivity contribution < 1.29 is 4.79 Å². The molecule has 2 heterocycles. The number of hydrogen-bond acceptors (Lipinski definition) is 6. The third-order valence-electron chi connectivity index (χ3n) is 6.01. The first kappa shape index (κ1) is 22.3. The fraction of sp³-hybridized carbons (Fsp3) is 0.320. The van der Waals surface area contributed by atoms with Gasteiger partial charge in [-0.3, -0.25) is 9.48 Å². The lowest BCUT2D eigenvalue weighted by Gasteiger charge is -2.10. The van der Waals surface area contributed by atoms with Crippen molar-refractivity contribution in [2.24, 2.45) is 0 Å². The summed E-state index contributed by atoms with van der Waals surface area (Å²) < 4.78 is 3.82.